The number of aryl methyl sites for hydroxylation is 1. The van der Waals surface area contributed by atoms with E-state index in [1.807, 2.05) is 30.3 Å². The molecule has 118 valence electrons. The maximum atomic E-state index is 5.69. The van der Waals surface area contributed by atoms with Gasteiger partial charge in [0.15, 0.2) is 5.82 Å². The van der Waals surface area contributed by atoms with Gasteiger partial charge in [0, 0.05) is 5.56 Å². The number of ether oxygens (including phenoxy) is 1. The Kier molecular flexibility index (Phi) is 6.32. The van der Waals surface area contributed by atoms with Gasteiger partial charge in [-0.15, -0.1) is 0 Å². The second-order valence-corrected chi connectivity index (χ2v) is 5.26. The lowest BCUT2D eigenvalue weighted by atomic mass is 10.2. The van der Waals surface area contributed by atoms with Crippen molar-refractivity contribution in [1.29, 1.82) is 0 Å². The van der Waals surface area contributed by atoms with Crippen LogP contribution in [0, 0.1) is 6.92 Å². The summed E-state index contributed by atoms with van der Waals surface area (Å²) in [5.41, 5.74) is 2.12. The second-order valence-electron chi connectivity index (χ2n) is 4.58. The minimum Gasteiger partial charge on any atom is -0.497 e. The highest BCUT2D eigenvalue weighted by molar-refractivity contribution is 6.31. The fourth-order valence-corrected chi connectivity index (χ4v) is 2.09. The third-order valence-electron chi connectivity index (χ3n) is 2.87. The fourth-order valence-electron chi connectivity index (χ4n) is 1.73. The van der Waals surface area contributed by atoms with Gasteiger partial charge < -0.3 is 4.74 Å². The van der Waals surface area contributed by atoms with Gasteiger partial charge in [0.05, 0.1) is 7.11 Å². The molecular weight excluding hydrogens is 333 g/mol. The zero-order valence-electron chi connectivity index (χ0n) is 12.7. The first kappa shape index (κ1) is 17.2. The van der Waals surface area contributed by atoms with E-state index in [2.05, 4.69) is 34.0 Å². The topological polar surface area (TPSA) is 47.9 Å². The Balaban J connectivity index is 0.000000229. The third-order valence-corrected chi connectivity index (χ3v) is 3.21. The molecule has 0 spiro atoms. The SMILES string of the molecule is COc1ccc(-c2nc(Cl)nc(Cl)n2)cc1.Cc1ccccc1. The highest BCUT2D eigenvalue weighted by Crippen LogP contribution is 2.20. The van der Waals surface area contributed by atoms with E-state index in [0.29, 0.717) is 5.82 Å². The van der Waals surface area contributed by atoms with Crippen LogP contribution in [0.2, 0.25) is 10.6 Å². The first-order valence-electron chi connectivity index (χ1n) is 6.81. The summed E-state index contributed by atoms with van der Waals surface area (Å²) in [6, 6.07) is 17.5. The molecule has 0 unspecified atom stereocenters. The van der Waals surface area contributed by atoms with E-state index in [1.54, 1.807) is 19.2 Å². The van der Waals surface area contributed by atoms with Gasteiger partial charge in [0.25, 0.3) is 0 Å². The summed E-state index contributed by atoms with van der Waals surface area (Å²) in [6.07, 6.45) is 0. The van der Waals surface area contributed by atoms with Crippen LogP contribution in [-0.2, 0) is 0 Å². The molecule has 0 amide bonds. The van der Waals surface area contributed by atoms with Gasteiger partial charge in [-0.25, -0.2) is 0 Å². The summed E-state index contributed by atoms with van der Waals surface area (Å²) < 4.78 is 5.05. The van der Waals surface area contributed by atoms with Crippen LogP contribution < -0.4 is 4.74 Å². The average molecular weight is 348 g/mol. The van der Waals surface area contributed by atoms with Crippen LogP contribution >= 0.6 is 23.2 Å². The van der Waals surface area contributed by atoms with Crippen LogP contribution in [0.5, 0.6) is 5.75 Å². The maximum absolute atomic E-state index is 5.69. The lowest BCUT2D eigenvalue weighted by molar-refractivity contribution is 0.415. The molecule has 0 N–H and O–H groups in total. The zero-order chi connectivity index (χ0) is 16.7. The monoisotopic (exact) mass is 347 g/mol. The van der Waals surface area contributed by atoms with E-state index in [4.69, 9.17) is 27.9 Å². The Bertz CT molecular complexity index is 729. The summed E-state index contributed by atoms with van der Waals surface area (Å²) in [6.45, 7) is 2.08. The lowest BCUT2D eigenvalue weighted by Gasteiger charge is -2.02. The Hall–Kier alpha value is -2.17. The van der Waals surface area contributed by atoms with Crippen LogP contribution in [0.4, 0.5) is 0 Å². The highest BCUT2D eigenvalue weighted by atomic mass is 35.5. The standard InChI is InChI=1S/C10H7Cl2N3O.C7H8/c1-16-7-4-2-6(3-5-7)8-13-9(11)15-10(12)14-8;1-7-5-3-2-4-6-7/h2-5H,1H3;2-6H,1H3. The Morgan fingerprint density at radius 2 is 1.35 bits per heavy atom. The van der Waals surface area contributed by atoms with Gasteiger partial charge in [-0.2, -0.15) is 15.0 Å². The van der Waals surface area contributed by atoms with Crippen LogP contribution in [0.1, 0.15) is 5.56 Å². The van der Waals surface area contributed by atoms with Crippen molar-refractivity contribution in [2.45, 2.75) is 6.92 Å². The zero-order valence-corrected chi connectivity index (χ0v) is 14.2. The number of nitrogens with zero attached hydrogens (tertiary/aromatic N) is 3. The molecule has 0 aliphatic heterocycles. The third kappa shape index (κ3) is 5.51. The van der Waals surface area contributed by atoms with Gasteiger partial charge in [0.1, 0.15) is 5.75 Å². The molecule has 3 aromatic rings. The maximum Gasteiger partial charge on any atom is 0.227 e. The highest BCUT2D eigenvalue weighted by Gasteiger charge is 2.05. The molecule has 3 rings (SSSR count). The molecule has 0 atom stereocenters. The first-order valence-corrected chi connectivity index (χ1v) is 7.57. The van der Waals surface area contributed by atoms with Gasteiger partial charge in [0.2, 0.25) is 10.6 Å². The lowest BCUT2D eigenvalue weighted by Crippen LogP contribution is -1.93. The molecule has 0 fully saturated rings. The Labute approximate surface area is 145 Å². The number of hydrogen-bond donors (Lipinski definition) is 0. The molecule has 1 heterocycles. The van der Waals surface area contributed by atoms with E-state index in [1.165, 1.54) is 5.56 Å². The van der Waals surface area contributed by atoms with Gasteiger partial charge in [-0.05, 0) is 54.4 Å². The molecule has 0 saturated heterocycles. The number of halogens is 2. The predicted molar refractivity (Wildman–Crippen MR) is 93.0 cm³/mol. The fraction of sp³-hybridized carbons (Fsp3) is 0.118. The number of hydrogen-bond acceptors (Lipinski definition) is 4. The summed E-state index contributed by atoms with van der Waals surface area (Å²) in [4.78, 5) is 11.6. The van der Waals surface area contributed by atoms with Crippen molar-refractivity contribution in [2.75, 3.05) is 7.11 Å². The van der Waals surface area contributed by atoms with Crippen molar-refractivity contribution < 1.29 is 4.74 Å². The minimum absolute atomic E-state index is 0.0748. The summed E-state index contributed by atoms with van der Waals surface area (Å²) in [5.74, 6) is 1.20. The molecule has 6 heteroatoms. The molecule has 0 radical (unpaired) electrons. The van der Waals surface area contributed by atoms with Crippen molar-refractivity contribution in [1.82, 2.24) is 15.0 Å². The van der Waals surface area contributed by atoms with E-state index < -0.39 is 0 Å². The number of benzene rings is 2. The predicted octanol–water partition coefficient (Wildman–Crippen LogP) is 4.85. The van der Waals surface area contributed by atoms with Crippen LogP contribution in [0.25, 0.3) is 11.4 Å². The van der Waals surface area contributed by atoms with Crippen molar-refractivity contribution in [3.05, 3.63) is 70.7 Å². The van der Waals surface area contributed by atoms with Gasteiger partial charge in [-0.1, -0.05) is 35.9 Å². The first-order chi connectivity index (χ1) is 11.1. The van der Waals surface area contributed by atoms with Gasteiger partial charge >= 0.3 is 0 Å². The van der Waals surface area contributed by atoms with Crippen molar-refractivity contribution in [3.63, 3.8) is 0 Å². The minimum atomic E-state index is 0.0748. The normalized spacial score (nSPS) is 9.74. The number of rotatable bonds is 2. The molecule has 0 aliphatic rings. The molecule has 23 heavy (non-hydrogen) atoms. The van der Waals surface area contributed by atoms with E-state index in [0.717, 1.165) is 11.3 Å². The largest absolute Gasteiger partial charge is 0.497 e. The molecule has 2 aromatic carbocycles. The molecule has 1 aromatic heterocycles. The van der Waals surface area contributed by atoms with Crippen LogP contribution in [-0.4, -0.2) is 22.1 Å². The van der Waals surface area contributed by atoms with E-state index >= 15 is 0 Å². The number of methoxy groups -OCH3 is 1. The smallest absolute Gasteiger partial charge is 0.227 e. The summed E-state index contributed by atoms with van der Waals surface area (Å²) >= 11 is 11.4. The molecule has 0 bridgehead atoms. The number of aromatic nitrogens is 3. The molecule has 4 nitrogen and oxygen atoms in total. The van der Waals surface area contributed by atoms with E-state index in [9.17, 15) is 0 Å². The molecular formula is C17H15Cl2N3O. The second kappa shape index (κ2) is 8.46. The summed E-state index contributed by atoms with van der Waals surface area (Å²) in [5, 5.41) is 0.150. The Morgan fingerprint density at radius 3 is 1.78 bits per heavy atom. The van der Waals surface area contributed by atoms with E-state index in [-0.39, 0.29) is 10.6 Å². The van der Waals surface area contributed by atoms with Crippen molar-refractivity contribution in [2.24, 2.45) is 0 Å². The average Bonchev–Trinajstić information content (AvgIpc) is 2.55. The van der Waals surface area contributed by atoms with Crippen molar-refractivity contribution >= 4 is 23.2 Å². The van der Waals surface area contributed by atoms with Gasteiger partial charge in [-0.3, -0.25) is 0 Å². The Morgan fingerprint density at radius 1 is 0.783 bits per heavy atom. The molecule has 0 aliphatic carbocycles. The van der Waals surface area contributed by atoms with Crippen molar-refractivity contribution in [3.8, 4) is 17.1 Å². The van der Waals surface area contributed by atoms with Crippen LogP contribution in [0.15, 0.2) is 54.6 Å². The van der Waals surface area contributed by atoms with Crippen LogP contribution in [0.3, 0.4) is 0 Å². The molecule has 0 saturated carbocycles. The summed E-state index contributed by atoms with van der Waals surface area (Å²) in [7, 11) is 1.60. The quantitative estimate of drug-likeness (QED) is 0.664.